The van der Waals surface area contributed by atoms with Crippen molar-refractivity contribution in [3.05, 3.63) is 17.5 Å². The maximum atomic E-state index is 3.41. The highest BCUT2D eigenvalue weighted by Gasteiger charge is 2.32. The summed E-state index contributed by atoms with van der Waals surface area (Å²) in [6.45, 7) is 18.7. The van der Waals surface area contributed by atoms with Crippen LogP contribution < -0.4 is 0 Å². The van der Waals surface area contributed by atoms with Gasteiger partial charge in [0.25, 0.3) is 0 Å². The number of hydrogen-bond acceptors (Lipinski definition) is 0. The molecule has 0 aromatic carbocycles. The normalized spacial score (nSPS) is 12.2. The monoisotopic (exact) mass is 292 g/mol. The predicted octanol–water partition coefficient (Wildman–Crippen LogP) is 5.80. The van der Waals surface area contributed by atoms with Crippen molar-refractivity contribution in [1.29, 1.82) is 0 Å². The SMILES string of the molecule is CC(C)(C)[Si](C)(C)C=C=CCCCC#C[Si](C)(C)C. The highest BCUT2D eigenvalue weighted by molar-refractivity contribution is 6.84. The molecule has 19 heavy (non-hydrogen) atoms. The van der Waals surface area contributed by atoms with Gasteiger partial charge in [-0.3, -0.25) is 0 Å². The molecule has 0 N–H and O–H groups in total. The first-order valence-corrected chi connectivity index (χ1v) is 14.0. The predicted molar refractivity (Wildman–Crippen MR) is 94.8 cm³/mol. The van der Waals surface area contributed by atoms with Crippen LogP contribution in [0.4, 0.5) is 0 Å². The molecule has 0 heterocycles. The molecule has 0 nitrogen and oxygen atoms in total. The van der Waals surface area contributed by atoms with Gasteiger partial charge in [-0.1, -0.05) is 59.2 Å². The second-order valence-electron chi connectivity index (χ2n) is 7.93. The van der Waals surface area contributed by atoms with E-state index in [9.17, 15) is 0 Å². The minimum atomic E-state index is -1.29. The molecular formula is C17H32Si2. The Balaban J connectivity index is 4.15. The second kappa shape index (κ2) is 7.34. The van der Waals surface area contributed by atoms with Gasteiger partial charge in [-0.05, 0) is 24.0 Å². The number of allylic oxidation sites excluding steroid dienone is 1. The summed E-state index contributed by atoms with van der Waals surface area (Å²) in [6, 6.07) is 0. The van der Waals surface area contributed by atoms with Crippen molar-refractivity contribution in [1.82, 2.24) is 0 Å². The maximum Gasteiger partial charge on any atom is 0.129 e. The van der Waals surface area contributed by atoms with Crippen LogP contribution in [0.2, 0.25) is 37.8 Å². The lowest BCUT2D eigenvalue weighted by atomic mass is 10.2. The van der Waals surface area contributed by atoms with Crippen LogP contribution in [0, 0.1) is 11.5 Å². The van der Waals surface area contributed by atoms with Crippen LogP contribution >= 0.6 is 0 Å². The van der Waals surface area contributed by atoms with E-state index < -0.39 is 16.1 Å². The quantitative estimate of drug-likeness (QED) is 0.266. The second-order valence-corrected chi connectivity index (χ2v) is 17.9. The molecular weight excluding hydrogens is 260 g/mol. The van der Waals surface area contributed by atoms with Crippen LogP contribution in [-0.4, -0.2) is 16.1 Å². The molecule has 0 saturated carbocycles. The van der Waals surface area contributed by atoms with Gasteiger partial charge in [0, 0.05) is 6.42 Å². The zero-order chi connectivity index (χ0) is 15.2. The molecule has 0 aliphatic rings. The molecule has 0 atom stereocenters. The van der Waals surface area contributed by atoms with E-state index in [1.165, 1.54) is 0 Å². The molecule has 0 spiro atoms. The molecule has 0 fully saturated rings. The smallest absolute Gasteiger partial charge is 0.129 e. The minimum absolute atomic E-state index is 0.413. The van der Waals surface area contributed by atoms with E-state index in [2.05, 4.69) is 82.5 Å². The first kappa shape index (κ1) is 18.5. The van der Waals surface area contributed by atoms with E-state index in [1.54, 1.807) is 0 Å². The molecule has 0 rings (SSSR count). The summed E-state index contributed by atoms with van der Waals surface area (Å²) in [6.07, 6.45) is 5.49. The third-order valence-corrected chi connectivity index (χ3v) is 9.29. The molecule has 0 radical (unpaired) electrons. The zero-order valence-electron chi connectivity index (χ0n) is 14.3. The third kappa shape index (κ3) is 9.11. The first-order valence-electron chi connectivity index (χ1n) is 7.38. The van der Waals surface area contributed by atoms with E-state index in [-0.39, 0.29) is 0 Å². The van der Waals surface area contributed by atoms with Crippen LogP contribution in [0.25, 0.3) is 0 Å². The van der Waals surface area contributed by atoms with Crippen molar-refractivity contribution in [3.8, 4) is 11.5 Å². The highest BCUT2D eigenvalue weighted by Crippen LogP contribution is 2.36. The van der Waals surface area contributed by atoms with Gasteiger partial charge in [0.2, 0.25) is 0 Å². The Bertz CT molecular complexity index is 386. The van der Waals surface area contributed by atoms with Gasteiger partial charge < -0.3 is 0 Å². The molecule has 2 heteroatoms. The molecule has 0 unspecified atom stereocenters. The van der Waals surface area contributed by atoms with Crippen LogP contribution in [0.5, 0.6) is 0 Å². The Morgan fingerprint density at radius 1 is 1.00 bits per heavy atom. The summed E-state index contributed by atoms with van der Waals surface area (Å²) < 4.78 is 0. The van der Waals surface area contributed by atoms with E-state index in [4.69, 9.17) is 0 Å². The van der Waals surface area contributed by atoms with E-state index >= 15 is 0 Å². The number of hydrogen-bond donors (Lipinski definition) is 0. The van der Waals surface area contributed by atoms with Crippen molar-refractivity contribution < 1.29 is 0 Å². The van der Waals surface area contributed by atoms with Crippen molar-refractivity contribution in [2.75, 3.05) is 0 Å². The van der Waals surface area contributed by atoms with E-state index in [0.29, 0.717) is 5.04 Å². The van der Waals surface area contributed by atoms with Crippen molar-refractivity contribution in [2.45, 2.75) is 77.8 Å². The molecule has 0 saturated heterocycles. The van der Waals surface area contributed by atoms with Crippen LogP contribution in [0.3, 0.4) is 0 Å². The average Bonchev–Trinajstić information content (AvgIpc) is 2.18. The lowest BCUT2D eigenvalue weighted by Crippen LogP contribution is -2.34. The lowest BCUT2D eigenvalue weighted by molar-refractivity contribution is 0.729. The highest BCUT2D eigenvalue weighted by atomic mass is 28.3. The zero-order valence-corrected chi connectivity index (χ0v) is 16.3. The van der Waals surface area contributed by atoms with Crippen LogP contribution in [0.15, 0.2) is 17.5 Å². The molecule has 0 bridgehead atoms. The number of rotatable bonds is 4. The van der Waals surface area contributed by atoms with Crippen LogP contribution in [-0.2, 0) is 0 Å². The Labute approximate surface area is 123 Å². The lowest BCUT2D eigenvalue weighted by Gasteiger charge is -2.33. The van der Waals surface area contributed by atoms with Gasteiger partial charge in [-0.25, -0.2) is 0 Å². The Morgan fingerprint density at radius 2 is 1.58 bits per heavy atom. The van der Waals surface area contributed by atoms with Crippen molar-refractivity contribution >= 4 is 16.1 Å². The Hall–Kier alpha value is -0.486. The summed E-state index contributed by atoms with van der Waals surface area (Å²) >= 11 is 0. The average molecular weight is 293 g/mol. The fourth-order valence-corrected chi connectivity index (χ4v) is 2.81. The van der Waals surface area contributed by atoms with Gasteiger partial charge in [0.05, 0.1) is 8.07 Å². The van der Waals surface area contributed by atoms with E-state index in [1.807, 2.05) is 0 Å². The number of unbranched alkanes of at least 4 members (excludes halogenated alkanes) is 2. The fourth-order valence-electron chi connectivity index (χ4n) is 1.19. The topological polar surface area (TPSA) is 0 Å². The summed E-state index contributed by atoms with van der Waals surface area (Å²) in [5, 5.41) is 0.413. The largest absolute Gasteiger partial charge is 0.134 e. The summed E-state index contributed by atoms with van der Waals surface area (Å²) in [4.78, 5) is 0. The van der Waals surface area contributed by atoms with Gasteiger partial charge in [0.1, 0.15) is 8.07 Å². The summed E-state index contributed by atoms with van der Waals surface area (Å²) in [5.74, 6) is 3.32. The molecule has 0 amide bonds. The molecule has 0 aliphatic heterocycles. The minimum Gasteiger partial charge on any atom is -0.134 e. The molecule has 0 aromatic rings. The Kier molecular flexibility index (Phi) is 7.15. The van der Waals surface area contributed by atoms with E-state index in [0.717, 1.165) is 19.3 Å². The van der Waals surface area contributed by atoms with Crippen molar-refractivity contribution in [3.63, 3.8) is 0 Å². The molecule has 0 aliphatic carbocycles. The maximum absolute atomic E-state index is 3.41. The molecule has 0 aromatic heterocycles. The summed E-state index contributed by atoms with van der Waals surface area (Å²) in [7, 11) is -2.46. The third-order valence-electron chi connectivity index (χ3n) is 3.61. The summed E-state index contributed by atoms with van der Waals surface area (Å²) in [5.41, 5.74) is 9.17. The molecule has 108 valence electrons. The van der Waals surface area contributed by atoms with Gasteiger partial charge in [-0.2, -0.15) is 0 Å². The van der Waals surface area contributed by atoms with Crippen molar-refractivity contribution in [2.24, 2.45) is 0 Å². The standard InChI is InChI=1S/C17H32Si2/c1-17(2,3)19(7,8)16-14-12-10-9-11-13-15-18(4,5)6/h12,16H,9-11H2,1-8H3. The Morgan fingerprint density at radius 3 is 2.05 bits per heavy atom. The first-order chi connectivity index (χ1) is 8.46. The van der Waals surface area contributed by atoms with Crippen LogP contribution in [0.1, 0.15) is 40.0 Å². The van der Waals surface area contributed by atoms with Gasteiger partial charge in [-0.15, -0.1) is 17.2 Å². The van der Waals surface area contributed by atoms with Gasteiger partial charge >= 0.3 is 0 Å². The fraction of sp³-hybridized carbons (Fsp3) is 0.706. The van der Waals surface area contributed by atoms with Gasteiger partial charge in [0.15, 0.2) is 0 Å².